The van der Waals surface area contributed by atoms with Crippen molar-refractivity contribution in [2.24, 2.45) is 5.92 Å². The summed E-state index contributed by atoms with van der Waals surface area (Å²) >= 11 is 1.67. The SMILES string of the molecule is CCC(CNC(=O)NC(C)CSC)CC(=O)O. The lowest BCUT2D eigenvalue weighted by Gasteiger charge is -2.16. The van der Waals surface area contributed by atoms with Gasteiger partial charge in [-0.25, -0.2) is 4.79 Å². The fourth-order valence-electron chi connectivity index (χ4n) is 1.41. The van der Waals surface area contributed by atoms with Crippen LogP contribution < -0.4 is 10.6 Å². The number of carboxylic acids is 1. The number of carbonyl (C=O) groups excluding carboxylic acids is 1. The molecule has 0 saturated heterocycles. The highest BCUT2D eigenvalue weighted by atomic mass is 32.2. The van der Waals surface area contributed by atoms with Gasteiger partial charge in [0, 0.05) is 24.8 Å². The molecule has 0 aromatic heterocycles. The Morgan fingerprint density at radius 3 is 2.53 bits per heavy atom. The summed E-state index contributed by atoms with van der Waals surface area (Å²) in [5.41, 5.74) is 0. The molecule has 0 bridgehead atoms. The van der Waals surface area contributed by atoms with Crippen molar-refractivity contribution in [3.63, 3.8) is 0 Å². The molecule has 5 nitrogen and oxygen atoms in total. The molecule has 0 aromatic rings. The highest BCUT2D eigenvalue weighted by Gasteiger charge is 2.13. The van der Waals surface area contributed by atoms with Gasteiger partial charge < -0.3 is 15.7 Å². The molecular formula is C11H22N2O3S. The van der Waals surface area contributed by atoms with Gasteiger partial charge in [-0.15, -0.1) is 0 Å². The van der Waals surface area contributed by atoms with E-state index in [1.807, 2.05) is 20.1 Å². The topological polar surface area (TPSA) is 78.4 Å². The quantitative estimate of drug-likeness (QED) is 0.620. The van der Waals surface area contributed by atoms with Gasteiger partial charge in [0.2, 0.25) is 0 Å². The third-order valence-electron chi connectivity index (χ3n) is 2.39. The Hall–Kier alpha value is -0.910. The predicted molar refractivity (Wildman–Crippen MR) is 70.4 cm³/mol. The molecule has 2 amide bonds. The van der Waals surface area contributed by atoms with Crippen LogP contribution in [0.2, 0.25) is 0 Å². The molecule has 17 heavy (non-hydrogen) atoms. The molecule has 2 unspecified atom stereocenters. The molecule has 0 spiro atoms. The van der Waals surface area contributed by atoms with Gasteiger partial charge in [0.1, 0.15) is 0 Å². The molecule has 0 saturated carbocycles. The predicted octanol–water partition coefficient (Wildman–Crippen LogP) is 1.54. The van der Waals surface area contributed by atoms with Crippen molar-refractivity contribution in [3.05, 3.63) is 0 Å². The Morgan fingerprint density at radius 1 is 1.41 bits per heavy atom. The second-order valence-corrected chi connectivity index (χ2v) is 4.99. The number of hydrogen-bond acceptors (Lipinski definition) is 3. The van der Waals surface area contributed by atoms with E-state index >= 15 is 0 Å². The second kappa shape index (κ2) is 9.15. The monoisotopic (exact) mass is 262 g/mol. The maximum absolute atomic E-state index is 11.5. The first-order chi connectivity index (χ1) is 7.99. The summed E-state index contributed by atoms with van der Waals surface area (Å²) in [4.78, 5) is 22.0. The van der Waals surface area contributed by atoms with E-state index < -0.39 is 5.97 Å². The van der Waals surface area contributed by atoms with Crippen LogP contribution in [0.5, 0.6) is 0 Å². The highest BCUT2D eigenvalue weighted by Crippen LogP contribution is 2.06. The van der Waals surface area contributed by atoms with Crippen LogP contribution in [0.15, 0.2) is 0 Å². The van der Waals surface area contributed by atoms with E-state index in [1.165, 1.54) is 0 Å². The summed E-state index contributed by atoms with van der Waals surface area (Å²) < 4.78 is 0. The molecule has 0 aliphatic rings. The fourth-order valence-corrected chi connectivity index (χ4v) is 1.99. The molecule has 2 atom stereocenters. The van der Waals surface area contributed by atoms with E-state index in [1.54, 1.807) is 11.8 Å². The number of urea groups is 1. The van der Waals surface area contributed by atoms with Gasteiger partial charge in [0.05, 0.1) is 0 Å². The first-order valence-electron chi connectivity index (χ1n) is 5.74. The van der Waals surface area contributed by atoms with E-state index in [9.17, 15) is 9.59 Å². The highest BCUT2D eigenvalue weighted by molar-refractivity contribution is 7.98. The molecular weight excluding hydrogens is 240 g/mol. The van der Waals surface area contributed by atoms with Crippen molar-refractivity contribution in [2.75, 3.05) is 18.6 Å². The molecule has 100 valence electrons. The summed E-state index contributed by atoms with van der Waals surface area (Å²) in [5.74, 6) is 0.0312. The molecule has 0 aliphatic heterocycles. The van der Waals surface area contributed by atoms with Crippen LogP contribution >= 0.6 is 11.8 Å². The largest absolute Gasteiger partial charge is 0.481 e. The molecule has 0 aromatic carbocycles. The van der Waals surface area contributed by atoms with Gasteiger partial charge in [-0.3, -0.25) is 4.79 Å². The Kier molecular flexibility index (Phi) is 8.66. The van der Waals surface area contributed by atoms with Crippen molar-refractivity contribution in [1.29, 1.82) is 0 Å². The Balaban J connectivity index is 3.84. The minimum atomic E-state index is -0.824. The van der Waals surface area contributed by atoms with Crippen LogP contribution in [0, 0.1) is 5.92 Å². The third kappa shape index (κ3) is 8.85. The smallest absolute Gasteiger partial charge is 0.315 e. The zero-order valence-electron chi connectivity index (χ0n) is 10.7. The molecule has 6 heteroatoms. The molecule has 0 radical (unpaired) electrons. The first kappa shape index (κ1) is 16.1. The fraction of sp³-hybridized carbons (Fsp3) is 0.818. The van der Waals surface area contributed by atoms with Gasteiger partial charge in [-0.05, 0) is 19.1 Å². The average Bonchev–Trinajstić information content (AvgIpc) is 2.23. The zero-order chi connectivity index (χ0) is 13.3. The summed E-state index contributed by atoms with van der Waals surface area (Å²) in [6.45, 7) is 4.26. The summed E-state index contributed by atoms with van der Waals surface area (Å²) in [7, 11) is 0. The molecule has 3 N–H and O–H groups in total. The van der Waals surface area contributed by atoms with Gasteiger partial charge in [0.25, 0.3) is 0 Å². The number of hydrogen-bond donors (Lipinski definition) is 3. The lowest BCUT2D eigenvalue weighted by Crippen LogP contribution is -2.43. The zero-order valence-corrected chi connectivity index (χ0v) is 11.5. The van der Waals surface area contributed by atoms with Gasteiger partial charge >= 0.3 is 12.0 Å². The van der Waals surface area contributed by atoms with Gasteiger partial charge in [-0.1, -0.05) is 13.3 Å². The standard InChI is InChI=1S/C11H22N2O3S/c1-4-9(5-10(14)15)6-12-11(16)13-8(2)7-17-3/h8-9H,4-7H2,1-3H3,(H,14,15)(H2,12,13,16). The van der Waals surface area contributed by atoms with Crippen LogP contribution in [0.4, 0.5) is 4.79 Å². The molecule has 0 fully saturated rings. The number of carbonyl (C=O) groups is 2. The Labute approximate surface area is 107 Å². The number of carboxylic acid groups (broad SMARTS) is 1. The minimum Gasteiger partial charge on any atom is -0.481 e. The van der Waals surface area contributed by atoms with E-state index in [2.05, 4.69) is 10.6 Å². The van der Waals surface area contributed by atoms with Crippen molar-refractivity contribution in [3.8, 4) is 0 Å². The van der Waals surface area contributed by atoms with Crippen molar-refractivity contribution >= 4 is 23.8 Å². The number of rotatable bonds is 8. The lowest BCUT2D eigenvalue weighted by atomic mass is 10.0. The maximum Gasteiger partial charge on any atom is 0.315 e. The minimum absolute atomic E-state index is 0.00546. The van der Waals surface area contributed by atoms with Gasteiger partial charge in [0.15, 0.2) is 0 Å². The van der Waals surface area contributed by atoms with Crippen LogP contribution in [-0.2, 0) is 4.79 Å². The van der Waals surface area contributed by atoms with Crippen molar-refractivity contribution < 1.29 is 14.7 Å². The summed E-state index contributed by atoms with van der Waals surface area (Å²) in [5, 5.41) is 14.2. The number of thioether (sulfide) groups is 1. The lowest BCUT2D eigenvalue weighted by molar-refractivity contribution is -0.138. The number of nitrogens with one attached hydrogen (secondary N) is 2. The van der Waals surface area contributed by atoms with E-state index in [4.69, 9.17) is 5.11 Å². The van der Waals surface area contributed by atoms with E-state index in [-0.39, 0.29) is 24.4 Å². The maximum atomic E-state index is 11.5. The van der Waals surface area contributed by atoms with Crippen LogP contribution in [0.1, 0.15) is 26.7 Å². The Bertz CT molecular complexity index is 249. The molecule has 0 aliphatic carbocycles. The van der Waals surface area contributed by atoms with E-state index in [0.717, 1.165) is 12.2 Å². The van der Waals surface area contributed by atoms with Crippen LogP contribution in [0.3, 0.4) is 0 Å². The summed E-state index contributed by atoms with van der Waals surface area (Å²) in [6, 6.07) is -0.111. The third-order valence-corrected chi connectivity index (χ3v) is 3.22. The van der Waals surface area contributed by atoms with Crippen LogP contribution in [0.25, 0.3) is 0 Å². The van der Waals surface area contributed by atoms with Crippen molar-refractivity contribution in [1.82, 2.24) is 10.6 Å². The second-order valence-electron chi connectivity index (χ2n) is 4.08. The van der Waals surface area contributed by atoms with Crippen molar-refractivity contribution in [2.45, 2.75) is 32.7 Å². The van der Waals surface area contributed by atoms with Gasteiger partial charge in [-0.2, -0.15) is 11.8 Å². The Morgan fingerprint density at radius 2 is 2.06 bits per heavy atom. The first-order valence-corrected chi connectivity index (χ1v) is 7.14. The average molecular weight is 262 g/mol. The molecule has 0 heterocycles. The number of amides is 2. The van der Waals surface area contributed by atoms with Crippen LogP contribution in [-0.4, -0.2) is 41.7 Å². The number of aliphatic carboxylic acids is 1. The summed E-state index contributed by atoms with van der Waals surface area (Å²) in [6.07, 6.45) is 2.82. The normalized spacial score (nSPS) is 13.8. The van der Waals surface area contributed by atoms with E-state index in [0.29, 0.717) is 6.54 Å². The molecule has 0 rings (SSSR count).